The summed E-state index contributed by atoms with van der Waals surface area (Å²) in [5.74, 6) is 0. The Morgan fingerprint density at radius 3 is 2.14 bits per heavy atom. The van der Waals surface area contributed by atoms with Crippen molar-refractivity contribution in [1.29, 1.82) is 0 Å². The lowest BCUT2D eigenvalue weighted by Gasteiger charge is -2.12. The second kappa shape index (κ2) is 6.02. The molecular weight excluding hydrogens is 278 g/mol. The standard InChI is InChI=1S/C19H16ClN/c1-14-6-12-17(13-7-14)21-19-5-3-2-4-18(19)15-8-10-16(20)11-9-15/h2-13,21H,1H3. The fraction of sp³-hybridized carbons (Fsp3) is 0.0526. The van der Waals surface area contributed by atoms with Gasteiger partial charge in [0.05, 0.1) is 0 Å². The van der Waals surface area contributed by atoms with Gasteiger partial charge in [0, 0.05) is 22.0 Å². The highest BCUT2D eigenvalue weighted by molar-refractivity contribution is 6.30. The van der Waals surface area contributed by atoms with E-state index in [0.29, 0.717) is 0 Å². The van der Waals surface area contributed by atoms with Gasteiger partial charge in [0.2, 0.25) is 0 Å². The van der Waals surface area contributed by atoms with Crippen molar-refractivity contribution in [2.75, 3.05) is 5.32 Å². The maximum Gasteiger partial charge on any atom is 0.0463 e. The van der Waals surface area contributed by atoms with Gasteiger partial charge < -0.3 is 5.32 Å². The van der Waals surface area contributed by atoms with E-state index >= 15 is 0 Å². The second-order valence-corrected chi connectivity index (χ2v) is 5.48. The number of para-hydroxylation sites is 1. The van der Waals surface area contributed by atoms with Crippen LogP contribution in [0.15, 0.2) is 72.8 Å². The molecule has 1 N–H and O–H groups in total. The highest BCUT2D eigenvalue weighted by atomic mass is 35.5. The quantitative estimate of drug-likeness (QED) is 0.619. The Morgan fingerprint density at radius 1 is 0.762 bits per heavy atom. The van der Waals surface area contributed by atoms with Crippen LogP contribution in [-0.2, 0) is 0 Å². The Hall–Kier alpha value is -2.25. The molecule has 2 heteroatoms. The van der Waals surface area contributed by atoms with Crippen molar-refractivity contribution in [1.82, 2.24) is 0 Å². The molecule has 3 rings (SSSR count). The minimum Gasteiger partial charge on any atom is -0.355 e. The van der Waals surface area contributed by atoms with Crippen molar-refractivity contribution in [2.45, 2.75) is 6.92 Å². The van der Waals surface area contributed by atoms with E-state index in [0.717, 1.165) is 27.5 Å². The van der Waals surface area contributed by atoms with Crippen LogP contribution in [0.5, 0.6) is 0 Å². The van der Waals surface area contributed by atoms with Crippen LogP contribution in [0.1, 0.15) is 5.56 Å². The molecule has 0 unspecified atom stereocenters. The first-order chi connectivity index (χ1) is 10.2. The molecule has 0 radical (unpaired) electrons. The van der Waals surface area contributed by atoms with E-state index in [2.05, 4.69) is 48.6 Å². The minimum absolute atomic E-state index is 0.753. The monoisotopic (exact) mass is 293 g/mol. The first-order valence-electron chi connectivity index (χ1n) is 6.91. The summed E-state index contributed by atoms with van der Waals surface area (Å²) in [6.07, 6.45) is 0. The highest BCUT2D eigenvalue weighted by Gasteiger charge is 2.04. The minimum atomic E-state index is 0.753. The average Bonchev–Trinajstić information content (AvgIpc) is 2.51. The molecule has 3 aromatic rings. The van der Waals surface area contributed by atoms with Crippen LogP contribution in [0.2, 0.25) is 5.02 Å². The normalized spacial score (nSPS) is 10.4. The zero-order valence-electron chi connectivity index (χ0n) is 11.8. The zero-order chi connectivity index (χ0) is 14.7. The molecule has 21 heavy (non-hydrogen) atoms. The molecule has 0 aliphatic rings. The Kier molecular flexibility index (Phi) is 3.94. The van der Waals surface area contributed by atoms with Gasteiger partial charge >= 0.3 is 0 Å². The molecule has 0 aliphatic carbocycles. The first kappa shape index (κ1) is 13.7. The maximum absolute atomic E-state index is 5.97. The Morgan fingerprint density at radius 2 is 1.43 bits per heavy atom. The van der Waals surface area contributed by atoms with E-state index in [1.54, 1.807) is 0 Å². The lowest BCUT2D eigenvalue weighted by Crippen LogP contribution is -1.93. The largest absolute Gasteiger partial charge is 0.355 e. The summed E-state index contributed by atoms with van der Waals surface area (Å²) in [5, 5.41) is 4.23. The van der Waals surface area contributed by atoms with Crippen molar-refractivity contribution >= 4 is 23.0 Å². The van der Waals surface area contributed by atoms with Crippen LogP contribution in [-0.4, -0.2) is 0 Å². The predicted octanol–water partition coefficient (Wildman–Crippen LogP) is 6.06. The van der Waals surface area contributed by atoms with Gasteiger partial charge in [0.25, 0.3) is 0 Å². The van der Waals surface area contributed by atoms with Crippen LogP contribution in [0.4, 0.5) is 11.4 Å². The molecular formula is C19H16ClN. The van der Waals surface area contributed by atoms with Crippen LogP contribution in [0.3, 0.4) is 0 Å². The third kappa shape index (κ3) is 3.26. The van der Waals surface area contributed by atoms with Gasteiger partial charge in [-0.3, -0.25) is 0 Å². The Labute approximate surface area is 130 Å². The predicted molar refractivity (Wildman–Crippen MR) is 91.3 cm³/mol. The van der Waals surface area contributed by atoms with Crippen molar-refractivity contribution in [3.8, 4) is 11.1 Å². The number of aryl methyl sites for hydroxylation is 1. The number of rotatable bonds is 3. The van der Waals surface area contributed by atoms with Crippen LogP contribution < -0.4 is 5.32 Å². The second-order valence-electron chi connectivity index (χ2n) is 5.04. The van der Waals surface area contributed by atoms with E-state index in [4.69, 9.17) is 11.6 Å². The van der Waals surface area contributed by atoms with E-state index in [1.165, 1.54) is 5.56 Å². The van der Waals surface area contributed by atoms with E-state index in [1.807, 2.05) is 36.4 Å². The maximum atomic E-state index is 5.97. The molecule has 0 atom stereocenters. The van der Waals surface area contributed by atoms with Gasteiger partial charge in [0.15, 0.2) is 0 Å². The molecule has 0 bridgehead atoms. The molecule has 0 spiro atoms. The summed E-state index contributed by atoms with van der Waals surface area (Å²) in [4.78, 5) is 0. The number of hydrogen-bond donors (Lipinski definition) is 1. The fourth-order valence-corrected chi connectivity index (χ4v) is 2.39. The third-order valence-electron chi connectivity index (χ3n) is 3.41. The fourth-order valence-electron chi connectivity index (χ4n) is 2.27. The summed E-state index contributed by atoms with van der Waals surface area (Å²) in [6, 6.07) is 24.6. The van der Waals surface area contributed by atoms with Gasteiger partial charge in [-0.05, 0) is 42.8 Å². The third-order valence-corrected chi connectivity index (χ3v) is 3.66. The Bertz CT molecular complexity index is 730. The summed E-state index contributed by atoms with van der Waals surface area (Å²) in [6.45, 7) is 2.09. The van der Waals surface area contributed by atoms with Gasteiger partial charge in [-0.25, -0.2) is 0 Å². The molecule has 0 saturated heterocycles. The number of nitrogens with one attached hydrogen (secondary N) is 1. The van der Waals surface area contributed by atoms with Crippen molar-refractivity contribution in [3.63, 3.8) is 0 Å². The molecule has 0 saturated carbocycles. The first-order valence-corrected chi connectivity index (χ1v) is 7.29. The zero-order valence-corrected chi connectivity index (χ0v) is 12.6. The smallest absolute Gasteiger partial charge is 0.0463 e. The lowest BCUT2D eigenvalue weighted by molar-refractivity contribution is 1.45. The van der Waals surface area contributed by atoms with Gasteiger partial charge in [-0.15, -0.1) is 0 Å². The molecule has 0 heterocycles. The molecule has 0 aromatic heterocycles. The summed E-state index contributed by atoms with van der Waals surface area (Å²) in [7, 11) is 0. The molecule has 0 amide bonds. The van der Waals surface area contributed by atoms with Crippen molar-refractivity contribution in [3.05, 3.63) is 83.4 Å². The topological polar surface area (TPSA) is 12.0 Å². The number of hydrogen-bond acceptors (Lipinski definition) is 1. The summed E-state index contributed by atoms with van der Waals surface area (Å²) < 4.78 is 0. The van der Waals surface area contributed by atoms with Crippen LogP contribution in [0.25, 0.3) is 11.1 Å². The van der Waals surface area contributed by atoms with Gasteiger partial charge in [-0.1, -0.05) is 59.6 Å². The Balaban J connectivity index is 1.96. The number of benzene rings is 3. The van der Waals surface area contributed by atoms with Crippen molar-refractivity contribution < 1.29 is 0 Å². The summed E-state index contributed by atoms with van der Waals surface area (Å²) in [5.41, 5.74) is 5.74. The van der Waals surface area contributed by atoms with E-state index < -0.39 is 0 Å². The van der Waals surface area contributed by atoms with E-state index in [9.17, 15) is 0 Å². The SMILES string of the molecule is Cc1ccc(Nc2ccccc2-c2ccc(Cl)cc2)cc1. The van der Waals surface area contributed by atoms with Crippen molar-refractivity contribution in [2.24, 2.45) is 0 Å². The molecule has 0 fully saturated rings. The molecule has 3 aromatic carbocycles. The van der Waals surface area contributed by atoms with E-state index in [-0.39, 0.29) is 0 Å². The number of anilines is 2. The molecule has 104 valence electrons. The lowest BCUT2D eigenvalue weighted by atomic mass is 10.0. The number of halogens is 1. The van der Waals surface area contributed by atoms with Gasteiger partial charge in [-0.2, -0.15) is 0 Å². The average molecular weight is 294 g/mol. The highest BCUT2D eigenvalue weighted by Crippen LogP contribution is 2.30. The molecule has 1 nitrogen and oxygen atoms in total. The summed E-state index contributed by atoms with van der Waals surface area (Å²) >= 11 is 5.97. The van der Waals surface area contributed by atoms with Crippen LogP contribution in [0, 0.1) is 6.92 Å². The van der Waals surface area contributed by atoms with Gasteiger partial charge in [0.1, 0.15) is 0 Å². The van der Waals surface area contributed by atoms with Crippen LogP contribution >= 0.6 is 11.6 Å². The molecule has 0 aliphatic heterocycles.